The summed E-state index contributed by atoms with van der Waals surface area (Å²) >= 11 is 15.3. The summed E-state index contributed by atoms with van der Waals surface area (Å²) in [5, 5.41) is 16.0. The zero-order valence-electron chi connectivity index (χ0n) is 23.5. The molecule has 0 spiro atoms. The summed E-state index contributed by atoms with van der Waals surface area (Å²) in [5.74, 6) is 0.424. The molecular formula is C28H48Br4N4O4. The first-order valence-corrected chi connectivity index (χ1v) is 18.7. The average Bonchev–Trinajstić information content (AvgIpc) is 2.93. The summed E-state index contributed by atoms with van der Waals surface area (Å²) in [7, 11) is 0. The fourth-order valence-electron chi connectivity index (χ4n) is 6.21. The Kier molecular flexibility index (Phi) is 16.9. The second-order valence-electron chi connectivity index (χ2n) is 11.6. The van der Waals surface area contributed by atoms with Crippen molar-refractivity contribution in [1.82, 2.24) is 10.2 Å². The molecule has 40 heavy (non-hydrogen) atoms. The number of likely N-dealkylation sites (tertiary alicyclic amines) is 1. The smallest absolute Gasteiger partial charge is 0.269 e. The fraction of sp³-hybridized carbons (Fsp3) is 0.929. The van der Waals surface area contributed by atoms with Crippen molar-refractivity contribution in [3.05, 3.63) is 0 Å². The Morgan fingerprint density at radius 2 is 1.43 bits per heavy atom. The average molecular weight is 824 g/mol. The van der Waals surface area contributed by atoms with Crippen LogP contribution in [0.2, 0.25) is 0 Å². The minimum atomic E-state index is -0.277. The highest BCUT2D eigenvalue weighted by Crippen LogP contribution is 2.38. The Morgan fingerprint density at radius 3 is 1.98 bits per heavy atom. The van der Waals surface area contributed by atoms with Crippen molar-refractivity contribution in [1.29, 1.82) is 0 Å². The van der Waals surface area contributed by atoms with Gasteiger partial charge in [-0.1, -0.05) is 75.3 Å². The van der Waals surface area contributed by atoms with E-state index in [0.29, 0.717) is 32.0 Å². The van der Waals surface area contributed by atoms with E-state index >= 15 is 0 Å². The molecule has 1 heterocycles. The van der Waals surface area contributed by atoms with E-state index in [1.165, 1.54) is 32.4 Å². The van der Waals surface area contributed by atoms with Crippen molar-refractivity contribution in [3.8, 4) is 0 Å². The number of alkyl halides is 4. The fourth-order valence-corrected chi connectivity index (χ4v) is 11.2. The Balaban J connectivity index is 1.34. The first-order valence-electron chi connectivity index (χ1n) is 15.0. The monoisotopic (exact) mass is 820 g/mol. The second-order valence-corrected chi connectivity index (χ2v) is 16.3. The van der Waals surface area contributed by atoms with E-state index in [2.05, 4.69) is 79.1 Å². The largest absolute Gasteiger partial charge is 0.410 e. The van der Waals surface area contributed by atoms with Gasteiger partial charge in [-0.25, -0.2) is 0 Å². The van der Waals surface area contributed by atoms with Gasteiger partial charge < -0.3 is 30.6 Å². The van der Waals surface area contributed by atoms with Gasteiger partial charge in [0.1, 0.15) is 5.71 Å². The molecule has 1 aliphatic heterocycles. The minimum Gasteiger partial charge on any atom is -0.410 e. The van der Waals surface area contributed by atoms with Crippen molar-refractivity contribution >= 4 is 75.3 Å². The van der Waals surface area contributed by atoms with Gasteiger partial charge in [-0.2, -0.15) is 0 Å². The van der Waals surface area contributed by atoms with Crippen LogP contribution < -0.4 is 11.1 Å². The summed E-state index contributed by atoms with van der Waals surface area (Å²) < 4.78 is 12.3. The first kappa shape index (κ1) is 35.2. The molecule has 0 aromatic heterocycles. The van der Waals surface area contributed by atoms with Gasteiger partial charge in [0.05, 0.1) is 12.2 Å². The Bertz CT molecular complexity index is 753. The summed E-state index contributed by atoms with van der Waals surface area (Å²) in [4.78, 5) is 16.3. The van der Waals surface area contributed by atoms with Crippen molar-refractivity contribution < 1.29 is 19.5 Å². The van der Waals surface area contributed by atoms with Gasteiger partial charge in [0.15, 0.2) is 0 Å². The molecule has 1 amide bonds. The van der Waals surface area contributed by atoms with Crippen molar-refractivity contribution in [2.75, 3.05) is 45.9 Å². The lowest BCUT2D eigenvalue weighted by Crippen LogP contribution is -2.43. The molecule has 2 aliphatic carbocycles. The van der Waals surface area contributed by atoms with E-state index in [1.54, 1.807) is 0 Å². The maximum absolute atomic E-state index is 12.8. The van der Waals surface area contributed by atoms with Crippen LogP contribution in [0.5, 0.6) is 0 Å². The van der Waals surface area contributed by atoms with Gasteiger partial charge in [0.25, 0.3) is 5.91 Å². The predicted molar refractivity (Wildman–Crippen MR) is 176 cm³/mol. The number of amides is 1. The molecule has 2 saturated carbocycles. The first-order chi connectivity index (χ1) is 19.3. The van der Waals surface area contributed by atoms with Crippen LogP contribution in [0.25, 0.3) is 0 Å². The topological polar surface area (TPSA) is 109 Å². The number of rotatable bonds is 15. The Hall–Kier alpha value is 0.700. The third-order valence-corrected chi connectivity index (χ3v) is 12.0. The summed E-state index contributed by atoms with van der Waals surface area (Å²) in [6, 6.07) is 0. The lowest BCUT2D eigenvalue weighted by atomic mass is 9.83. The van der Waals surface area contributed by atoms with E-state index in [1.807, 2.05) is 0 Å². The van der Waals surface area contributed by atoms with E-state index in [0.717, 1.165) is 58.1 Å². The quantitative estimate of drug-likeness (QED) is 0.0655. The van der Waals surface area contributed by atoms with Crippen LogP contribution in [0, 0.1) is 11.8 Å². The standard InChI is InChI=1S/C28H48Br4N4O4/c29-21-14-19(15-22(30)26(21)39-12-4-7-33)6-8-34-28(37)25(35-38)18-20-16-23(31)27(24(32)17-20)40-13-5-11-36-9-2-1-3-10-36/h19-24,26-27,38H,1-18,33H2,(H,34,37). The van der Waals surface area contributed by atoms with Crippen molar-refractivity contribution in [2.45, 2.75) is 102 Å². The third kappa shape index (κ3) is 11.7. The highest BCUT2D eigenvalue weighted by atomic mass is 79.9. The molecule has 12 heteroatoms. The van der Waals surface area contributed by atoms with Gasteiger partial charge >= 0.3 is 0 Å². The molecule has 0 aromatic carbocycles. The number of nitrogens with zero attached hydrogens (tertiary/aromatic N) is 2. The minimum absolute atomic E-state index is 0.0959. The van der Waals surface area contributed by atoms with Crippen LogP contribution in [0.1, 0.15) is 70.6 Å². The summed E-state index contributed by atoms with van der Waals surface area (Å²) in [6.45, 7) is 6.17. The molecule has 1 saturated heterocycles. The molecule has 232 valence electrons. The number of piperidine rings is 1. The summed E-state index contributed by atoms with van der Waals surface area (Å²) in [6.07, 6.45) is 11.2. The molecule has 4 atom stereocenters. The Labute approximate surface area is 274 Å². The summed E-state index contributed by atoms with van der Waals surface area (Å²) in [5.41, 5.74) is 5.79. The van der Waals surface area contributed by atoms with Crippen LogP contribution >= 0.6 is 63.7 Å². The van der Waals surface area contributed by atoms with E-state index in [9.17, 15) is 10.0 Å². The maximum atomic E-state index is 12.8. The maximum Gasteiger partial charge on any atom is 0.269 e. The molecule has 4 N–H and O–H groups in total. The Morgan fingerprint density at radius 1 is 0.875 bits per heavy atom. The number of halogens is 4. The highest BCUT2D eigenvalue weighted by molar-refractivity contribution is 9.10. The molecule has 3 fully saturated rings. The number of nitrogens with one attached hydrogen (secondary N) is 1. The van der Waals surface area contributed by atoms with Crippen LogP contribution in [0.3, 0.4) is 0 Å². The zero-order valence-corrected chi connectivity index (χ0v) is 29.8. The normalized spacial score (nSPS) is 34.1. The van der Waals surface area contributed by atoms with Gasteiger partial charge in [-0.15, -0.1) is 0 Å². The van der Waals surface area contributed by atoms with Gasteiger partial charge in [-0.05, 0) is 89.3 Å². The van der Waals surface area contributed by atoms with Crippen molar-refractivity contribution in [3.63, 3.8) is 0 Å². The van der Waals surface area contributed by atoms with Gasteiger partial charge in [0, 0.05) is 52.0 Å². The molecule has 0 radical (unpaired) electrons. The number of nitrogens with two attached hydrogens (primary N) is 1. The van der Waals surface area contributed by atoms with Crippen LogP contribution in [0.15, 0.2) is 5.16 Å². The number of oxime groups is 1. The van der Waals surface area contributed by atoms with Gasteiger partial charge in [0.2, 0.25) is 0 Å². The second kappa shape index (κ2) is 19.2. The molecule has 4 unspecified atom stereocenters. The molecule has 0 aromatic rings. The number of carbonyl (C=O) groups excluding carboxylic acids is 1. The zero-order chi connectivity index (χ0) is 28.9. The predicted octanol–water partition coefficient (Wildman–Crippen LogP) is 5.58. The number of carbonyl (C=O) groups is 1. The highest BCUT2D eigenvalue weighted by Gasteiger charge is 2.38. The van der Waals surface area contributed by atoms with E-state index in [4.69, 9.17) is 15.2 Å². The molecule has 8 nitrogen and oxygen atoms in total. The van der Waals surface area contributed by atoms with Crippen LogP contribution in [0.4, 0.5) is 0 Å². The number of hydrogen-bond acceptors (Lipinski definition) is 7. The van der Waals surface area contributed by atoms with E-state index < -0.39 is 0 Å². The van der Waals surface area contributed by atoms with Gasteiger partial charge in [-0.3, -0.25) is 4.79 Å². The van der Waals surface area contributed by atoms with Crippen LogP contribution in [-0.2, 0) is 14.3 Å². The van der Waals surface area contributed by atoms with E-state index in [-0.39, 0.29) is 49.1 Å². The SMILES string of the molecule is NCCCOC1C(Br)CC(CCNC(=O)C(CC2CC(Br)C(OCCCN3CCCCC3)C(Br)C2)=NO)CC1Br. The molecule has 0 bridgehead atoms. The number of ether oxygens (including phenoxy) is 2. The van der Waals surface area contributed by atoms with Crippen molar-refractivity contribution in [2.24, 2.45) is 22.7 Å². The molecule has 3 rings (SSSR count). The lowest BCUT2D eigenvalue weighted by molar-refractivity contribution is -0.115. The molecular weight excluding hydrogens is 776 g/mol. The van der Waals surface area contributed by atoms with Crippen LogP contribution in [-0.4, -0.2) is 99.2 Å². The third-order valence-electron chi connectivity index (χ3n) is 8.40. The lowest BCUT2D eigenvalue weighted by Gasteiger charge is -2.37. The molecule has 3 aliphatic rings. The number of hydrogen-bond donors (Lipinski definition) is 3.